The van der Waals surface area contributed by atoms with Crippen molar-refractivity contribution in [2.75, 3.05) is 13.1 Å². The van der Waals surface area contributed by atoms with Crippen LogP contribution in [0.25, 0.3) is 16.9 Å². The van der Waals surface area contributed by atoms with Gasteiger partial charge in [0.2, 0.25) is 0 Å². The number of piperidine rings is 1. The van der Waals surface area contributed by atoms with Gasteiger partial charge in [0.05, 0.1) is 11.9 Å². The molecule has 128 valence electrons. The maximum Gasteiger partial charge on any atom is 0.259 e. The number of benzene rings is 1. The maximum atomic E-state index is 13.0. The van der Waals surface area contributed by atoms with Gasteiger partial charge in [-0.2, -0.15) is 5.10 Å². The van der Waals surface area contributed by atoms with E-state index >= 15 is 0 Å². The summed E-state index contributed by atoms with van der Waals surface area (Å²) in [5.41, 5.74) is 3.22. The average Bonchev–Trinajstić information content (AvgIpc) is 3.12. The summed E-state index contributed by atoms with van der Waals surface area (Å²) in [6.07, 6.45) is 6.82. The Balaban J connectivity index is 1.71. The third-order valence-corrected chi connectivity index (χ3v) is 5.08. The van der Waals surface area contributed by atoms with Gasteiger partial charge in [-0.25, -0.2) is 9.50 Å². The molecule has 1 atom stereocenters. The van der Waals surface area contributed by atoms with Crippen LogP contribution in [0.4, 0.5) is 0 Å². The summed E-state index contributed by atoms with van der Waals surface area (Å²) < 4.78 is 1.77. The van der Waals surface area contributed by atoms with E-state index < -0.39 is 0 Å². The molecule has 25 heavy (non-hydrogen) atoms. The van der Waals surface area contributed by atoms with Crippen molar-refractivity contribution in [2.24, 2.45) is 5.92 Å². The molecule has 0 bridgehead atoms. The number of fused-ring (bicyclic) bond motifs is 1. The first-order valence-corrected chi connectivity index (χ1v) is 8.95. The van der Waals surface area contributed by atoms with Crippen LogP contribution in [0.1, 0.15) is 36.5 Å². The standard InChI is InChI=1S/C20H22N4O/c1-2-15-7-6-12-23(14-15)20(25)17-13-22-24-18(10-11-21-19(17)24)16-8-4-3-5-9-16/h3-5,8-11,13,15H,2,6-7,12,14H2,1H3/t15-/m1/s1. The predicted octanol–water partition coefficient (Wildman–Crippen LogP) is 3.66. The Morgan fingerprint density at radius 3 is 2.88 bits per heavy atom. The molecule has 1 aromatic carbocycles. The van der Waals surface area contributed by atoms with Gasteiger partial charge in [-0.3, -0.25) is 4.79 Å². The molecule has 0 radical (unpaired) electrons. The maximum absolute atomic E-state index is 13.0. The lowest BCUT2D eigenvalue weighted by atomic mass is 9.95. The third kappa shape index (κ3) is 2.90. The van der Waals surface area contributed by atoms with Crippen molar-refractivity contribution >= 4 is 11.6 Å². The molecule has 0 unspecified atom stereocenters. The molecule has 1 aliphatic rings. The van der Waals surface area contributed by atoms with Gasteiger partial charge in [-0.05, 0) is 24.8 Å². The molecule has 0 N–H and O–H groups in total. The van der Waals surface area contributed by atoms with Crippen LogP contribution in [0.15, 0.2) is 48.8 Å². The fourth-order valence-corrected chi connectivity index (χ4v) is 3.62. The van der Waals surface area contributed by atoms with Gasteiger partial charge >= 0.3 is 0 Å². The van der Waals surface area contributed by atoms with Crippen molar-refractivity contribution in [1.82, 2.24) is 19.5 Å². The highest BCUT2D eigenvalue weighted by molar-refractivity contribution is 6.00. The minimum Gasteiger partial charge on any atom is -0.338 e. The molecule has 3 aromatic rings. The van der Waals surface area contributed by atoms with Crippen LogP contribution in [0.3, 0.4) is 0 Å². The Hall–Kier alpha value is -2.69. The van der Waals surface area contributed by atoms with E-state index in [1.54, 1.807) is 16.9 Å². The summed E-state index contributed by atoms with van der Waals surface area (Å²) in [5.74, 6) is 0.651. The number of amides is 1. The Kier molecular flexibility index (Phi) is 4.22. The number of likely N-dealkylation sites (tertiary alicyclic amines) is 1. The van der Waals surface area contributed by atoms with E-state index in [1.165, 1.54) is 6.42 Å². The second-order valence-corrected chi connectivity index (χ2v) is 6.66. The van der Waals surface area contributed by atoms with Gasteiger partial charge in [-0.15, -0.1) is 0 Å². The van der Waals surface area contributed by atoms with Crippen LogP contribution in [-0.4, -0.2) is 38.5 Å². The molecule has 5 heteroatoms. The number of rotatable bonds is 3. The number of hydrogen-bond donors (Lipinski definition) is 0. The van der Waals surface area contributed by atoms with Crippen molar-refractivity contribution in [3.8, 4) is 11.3 Å². The summed E-state index contributed by atoms with van der Waals surface area (Å²) in [6, 6.07) is 12.0. The molecule has 4 rings (SSSR count). The first-order valence-electron chi connectivity index (χ1n) is 8.95. The topological polar surface area (TPSA) is 50.5 Å². The van der Waals surface area contributed by atoms with Gasteiger partial charge in [0.15, 0.2) is 5.65 Å². The fourth-order valence-electron chi connectivity index (χ4n) is 3.62. The molecule has 1 amide bonds. The monoisotopic (exact) mass is 334 g/mol. The first kappa shape index (κ1) is 15.8. The number of carbonyl (C=O) groups excluding carboxylic acids is 1. The van der Waals surface area contributed by atoms with Gasteiger partial charge in [-0.1, -0.05) is 43.7 Å². The predicted molar refractivity (Wildman–Crippen MR) is 97.3 cm³/mol. The van der Waals surface area contributed by atoms with Gasteiger partial charge in [0.25, 0.3) is 5.91 Å². The quantitative estimate of drug-likeness (QED) is 0.734. The molecule has 1 saturated heterocycles. The zero-order valence-electron chi connectivity index (χ0n) is 14.4. The van der Waals surface area contributed by atoms with Gasteiger partial charge in [0.1, 0.15) is 5.56 Å². The lowest BCUT2D eigenvalue weighted by Crippen LogP contribution is -2.39. The molecule has 3 heterocycles. The Morgan fingerprint density at radius 2 is 2.08 bits per heavy atom. The van der Waals surface area contributed by atoms with Crippen LogP contribution in [0.2, 0.25) is 0 Å². The van der Waals surface area contributed by atoms with E-state index in [0.29, 0.717) is 17.1 Å². The van der Waals surface area contributed by atoms with Gasteiger partial charge < -0.3 is 4.90 Å². The summed E-state index contributed by atoms with van der Waals surface area (Å²) in [4.78, 5) is 19.4. The SMILES string of the molecule is CC[C@@H]1CCCN(C(=O)c2cnn3c(-c4ccccc4)ccnc23)C1. The molecule has 0 spiro atoms. The Morgan fingerprint density at radius 1 is 1.24 bits per heavy atom. The highest BCUT2D eigenvalue weighted by Gasteiger charge is 2.26. The van der Waals surface area contributed by atoms with E-state index in [0.717, 1.165) is 37.2 Å². The van der Waals surface area contributed by atoms with Crippen LogP contribution in [0.5, 0.6) is 0 Å². The summed E-state index contributed by atoms with van der Waals surface area (Å²) >= 11 is 0. The second-order valence-electron chi connectivity index (χ2n) is 6.66. The van der Waals surface area contributed by atoms with Crippen LogP contribution in [0, 0.1) is 5.92 Å². The molecular weight excluding hydrogens is 312 g/mol. The van der Waals surface area contributed by atoms with Crippen molar-refractivity contribution in [3.63, 3.8) is 0 Å². The highest BCUT2D eigenvalue weighted by atomic mass is 16.2. The van der Waals surface area contributed by atoms with E-state index in [1.807, 2.05) is 41.3 Å². The van der Waals surface area contributed by atoms with Crippen molar-refractivity contribution < 1.29 is 4.79 Å². The Bertz CT molecular complexity index is 887. The molecule has 0 saturated carbocycles. The summed E-state index contributed by atoms with van der Waals surface area (Å²) in [7, 11) is 0. The van der Waals surface area contributed by atoms with E-state index in [-0.39, 0.29) is 5.91 Å². The zero-order valence-corrected chi connectivity index (χ0v) is 14.4. The normalized spacial score (nSPS) is 17.8. The lowest BCUT2D eigenvalue weighted by Gasteiger charge is -2.32. The van der Waals surface area contributed by atoms with E-state index in [4.69, 9.17) is 0 Å². The van der Waals surface area contributed by atoms with Gasteiger partial charge in [0, 0.05) is 24.8 Å². The molecule has 1 fully saturated rings. The van der Waals surface area contributed by atoms with Crippen LogP contribution in [-0.2, 0) is 0 Å². The van der Waals surface area contributed by atoms with Crippen molar-refractivity contribution in [1.29, 1.82) is 0 Å². The van der Waals surface area contributed by atoms with E-state index in [9.17, 15) is 4.79 Å². The minimum absolute atomic E-state index is 0.0471. The lowest BCUT2D eigenvalue weighted by molar-refractivity contribution is 0.0673. The largest absolute Gasteiger partial charge is 0.338 e. The summed E-state index contributed by atoms with van der Waals surface area (Å²) in [6.45, 7) is 3.86. The molecule has 1 aliphatic heterocycles. The number of nitrogens with zero attached hydrogens (tertiary/aromatic N) is 4. The van der Waals surface area contributed by atoms with Crippen molar-refractivity contribution in [2.45, 2.75) is 26.2 Å². The van der Waals surface area contributed by atoms with Crippen molar-refractivity contribution in [3.05, 3.63) is 54.4 Å². The number of carbonyl (C=O) groups is 1. The highest BCUT2D eigenvalue weighted by Crippen LogP contribution is 2.24. The third-order valence-electron chi connectivity index (χ3n) is 5.08. The first-order chi connectivity index (χ1) is 12.3. The molecule has 5 nitrogen and oxygen atoms in total. The molecule has 2 aromatic heterocycles. The smallest absolute Gasteiger partial charge is 0.259 e. The summed E-state index contributed by atoms with van der Waals surface area (Å²) in [5, 5.41) is 4.46. The number of aromatic nitrogens is 3. The zero-order chi connectivity index (χ0) is 17.2. The molecule has 0 aliphatic carbocycles. The molecular formula is C20H22N4O. The minimum atomic E-state index is 0.0471. The average molecular weight is 334 g/mol. The van der Waals surface area contributed by atoms with E-state index in [2.05, 4.69) is 17.0 Å². The van der Waals surface area contributed by atoms with Crippen LogP contribution >= 0.6 is 0 Å². The second kappa shape index (κ2) is 6.67. The van der Waals surface area contributed by atoms with Crippen LogP contribution < -0.4 is 0 Å². The number of hydrogen-bond acceptors (Lipinski definition) is 3. The fraction of sp³-hybridized carbons (Fsp3) is 0.350. The Labute approximate surface area is 147 Å².